The van der Waals surface area contributed by atoms with E-state index in [0.29, 0.717) is 12.3 Å². The van der Waals surface area contributed by atoms with E-state index in [9.17, 15) is 14.4 Å². The zero-order valence-corrected chi connectivity index (χ0v) is 28.0. The first-order valence-electron chi connectivity index (χ1n) is 16.5. The summed E-state index contributed by atoms with van der Waals surface area (Å²) in [5.41, 5.74) is 9.09. The molecule has 0 saturated carbocycles. The standard InChI is InChI=1S/C39H56O3/c1-10-14-31(33(11-2)36(41)19-26(5)40)20-28-21-35-34(25(3)4)23-30(27(6)38(35)37(42)22-28)18-17-29-15-12-13-16-32(29)24-39(7,8)9/h12-13,15-16,23,25,28,31,33H,10-11,14,17-22,24H2,1-9H3. The van der Waals surface area contributed by atoms with Crippen LogP contribution in [-0.2, 0) is 35.3 Å². The highest BCUT2D eigenvalue weighted by Crippen LogP contribution is 2.40. The van der Waals surface area contributed by atoms with Gasteiger partial charge in [0.2, 0.25) is 0 Å². The largest absolute Gasteiger partial charge is 0.300 e. The van der Waals surface area contributed by atoms with Crippen LogP contribution in [0, 0.1) is 30.1 Å². The maximum atomic E-state index is 13.9. The average molecular weight is 573 g/mol. The van der Waals surface area contributed by atoms with Crippen molar-refractivity contribution in [1.82, 2.24) is 0 Å². The Bertz CT molecular complexity index is 1260. The molecular weight excluding hydrogens is 516 g/mol. The molecule has 230 valence electrons. The molecule has 0 saturated heterocycles. The number of fused-ring (bicyclic) bond motifs is 1. The second-order valence-electron chi connectivity index (χ2n) is 14.6. The van der Waals surface area contributed by atoms with Crippen molar-refractivity contribution in [1.29, 1.82) is 0 Å². The van der Waals surface area contributed by atoms with E-state index in [1.807, 2.05) is 0 Å². The monoisotopic (exact) mass is 572 g/mol. The Kier molecular flexibility index (Phi) is 11.9. The molecule has 0 spiro atoms. The number of Topliss-reactive ketones (excluding diaryl/α,β-unsaturated/α-hetero) is 3. The van der Waals surface area contributed by atoms with E-state index in [1.165, 1.54) is 40.3 Å². The van der Waals surface area contributed by atoms with Crippen LogP contribution in [0.1, 0.15) is 144 Å². The predicted molar refractivity (Wildman–Crippen MR) is 176 cm³/mol. The van der Waals surface area contributed by atoms with Crippen LogP contribution in [0.4, 0.5) is 0 Å². The van der Waals surface area contributed by atoms with Crippen molar-refractivity contribution in [2.45, 2.75) is 132 Å². The van der Waals surface area contributed by atoms with Crippen LogP contribution < -0.4 is 0 Å². The summed E-state index contributed by atoms with van der Waals surface area (Å²) < 4.78 is 0. The molecule has 0 aliphatic heterocycles. The van der Waals surface area contributed by atoms with Crippen LogP contribution in [0.3, 0.4) is 0 Å². The lowest BCUT2D eigenvalue weighted by atomic mass is 9.70. The topological polar surface area (TPSA) is 51.2 Å². The van der Waals surface area contributed by atoms with E-state index in [1.54, 1.807) is 0 Å². The SMILES string of the molecule is CCCC(CC1CC(=O)c2c(C)c(CCc3ccccc3CC(C)(C)C)cc(C(C)C)c2C1)C(CC)C(=O)CC(C)=O. The Labute approximate surface area is 256 Å². The van der Waals surface area contributed by atoms with Gasteiger partial charge in [-0.15, -0.1) is 0 Å². The number of benzene rings is 2. The van der Waals surface area contributed by atoms with Gasteiger partial charge in [0.1, 0.15) is 11.6 Å². The molecule has 3 nitrogen and oxygen atoms in total. The molecule has 1 aliphatic rings. The highest BCUT2D eigenvalue weighted by atomic mass is 16.1. The smallest absolute Gasteiger partial charge is 0.163 e. The molecule has 2 aromatic rings. The second kappa shape index (κ2) is 14.8. The van der Waals surface area contributed by atoms with Crippen LogP contribution in [0.2, 0.25) is 0 Å². The van der Waals surface area contributed by atoms with Crippen molar-refractivity contribution in [2.24, 2.45) is 23.2 Å². The lowest BCUT2D eigenvalue weighted by molar-refractivity contribution is -0.129. The van der Waals surface area contributed by atoms with Gasteiger partial charge in [0.25, 0.3) is 0 Å². The Morgan fingerprint density at radius 1 is 0.976 bits per heavy atom. The molecule has 3 rings (SSSR count). The van der Waals surface area contributed by atoms with Crippen molar-refractivity contribution < 1.29 is 14.4 Å². The van der Waals surface area contributed by atoms with Gasteiger partial charge in [0, 0.05) is 17.9 Å². The van der Waals surface area contributed by atoms with Crippen LogP contribution >= 0.6 is 0 Å². The summed E-state index contributed by atoms with van der Waals surface area (Å²) in [5, 5.41) is 0. The minimum absolute atomic E-state index is 0.0330. The fourth-order valence-electron chi connectivity index (χ4n) is 7.48. The number of hydrogen-bond acceptors (Lipinski definition) is 3. The molecule has 0 bridgehead atoms. The van der Waals surface area contributed by atoms with Crippen LogP contribution in [0.15, 0.2) is 30.3 Å². The van der Waals surface area contributed by atoms with Gasteiger partial charge in [0.15, 0.2) is 5.78 Å². The molecule has 42 heavy (non-hydrogen) atoms. The maximum Gasteiger partial charge on any atom is 0.163 e. The van der Waals surface area contributed by atoms with Crippen LogP contribution in [-0.4, -0.2) is 17.3 Å². The Hall–Kier alpha value is -2.55. The molecule has 3 unspecified atom stereocenters. The van der Waals surface area contributed by atoms with Gasteiger partial charge in [0.05, 0.1) is 6.42 Å². The van der Waals surface area contributed by atoms with Gasteiger partial charge in [-0.2, -0.15) is 0 Å². The van der Waals surface area contributed by atoms with Crippen LogP contribution in [0.25, 0.3) is 0 Å². The van der Waals surface area contributed by atoms with Crippen LogP contribution in [0.5, 0.6) is 0 Å². The highest BCUT2D eigenvalue weighted by Gasteiger charge is 2.34. The summed E-state index contributed by atoms with van der Waals surface area (Å²) in [6, 6.07) is 11.2. The first-order valence-corrected chi connectivity index (χ1v) is 16.5. The van der Waals surface area contributed by atoms with Gasteiger partial charge in [-0.1, -0.05) is 91.6 Å². The molecule has 3 heteroatoms. The summed E-state index contributed by atoms with van der Waals surface area (Å²) >= 11 is 0. The molecule has 3 atom stereocenters. The Balaban J connectivity index is 1.89. The fraction of sp³-hybridized carbons (Fsp3) is 0.615. The predicted octanol–water partition coefficient (Wildman–Crippen LogP) is 9.62. The summed E-state index contributed by atoms with van der Waals surface area (Å²) in [5.74, 6) is 1.01. The number of aryl methyl sites for hydroxylation is 2. The lowest BCUT2D eigenvalue weighted by Gasteiger charge is -2.33. The Morgan fingerprint density at radius 2 is 1.62 bits per heavy atom. The molecule has 0 heterocycles. The van der Waals surface area contributed by atoms with Gasteiger partial charge in [-0.3, -0.25) is 14.4 Å². The van der Waals surface area contributed by atoms with Crippen molar-refractivity contribution in [2.75, 3.05) is 0 Å². The Morgan fingerprint density at radius 3 is 2.19 bits per heavy atom. The van der Waals surface area contributed by atoms with Gasteiger partial charge in [-0.25, -0.2) is 0 Å². The number of ketones is 3. The van der Waals surface area contributed by atoms with Gasteiger partial charge >= 0.3 is 0 Å². The zero-order valence-electron chi connectivity index (χ0n) is 28.0. The third-order valence-electron chi connectivity index (χ3n) is 9.35. The number of rotatable bonds is 14. The summed E-state index contributed by atoms with van der Waals surface area (Å²) in [6.07, 6.45) is 8.07. The molecule has 0 aromatic heterocycles. The van der Waals surface area contributed by atoms with E-state index in [0.717, 1.165) is 56.9 Å². The highest BCUT2D eigenvalue weighted by molar-refractivity contribution is 6.01. The van der Waals surface area contributed by atoms with Gasteiger partial charge < -0.3 is 0 Å². The summed E-state index contributed by atoms with van der Waals surface area (Å²) in [7, 11) is 0. The molecular formula is C39H56O3. The van der Waals surface area contributed by atoms with E-state index in [2.05, 4.69) is 85.7 Å². The maximum absolute atomic E-state index is 13.9. The minimum Gasteiger partial charge on any atom is -0.300 e. The number of carbonyl (C=O) groups excluding carboxylic acids is 3. The first kappa shape index (κ1) is 33.9. The van der Waals surface area contributed by atoms with E-state index in [-0.39, 0.29) is 46.9 Å². The van der Waals surface area contributed by atoms with Crippen molar-refractivity contribution >= 4 is 17.3 Å². The van der Waals surface area contributed by atoms with Crippen molar-refractivity contribution in [3.05, 3.63) is 69.3 Å². The van der Waals surface area contributed by atoms with Crippen molar-refractivity contribution in [3.8, 4) is 0 Å². The third-order valence-corrected chi connectivity index (χ3v) is 9.35. The number of hydrogen-bond donors (Lipinski definition) is 0. The molecule has 2 aromatic carbocycles. The normalized spacial score (nSPS) is 16.8. The quantitative estimate of drug-likeness (QED) is 0.212. The van der Waals surface area contributed by atoms with E-state index < -0.39 is 0 Å². The fourth-order valence-corrected chi connectivity index (χ4v) is 7.48. The van der Waals surface area contributed by atoms with E-state index in [4.69, 9.17) is 0 Å². The minimum atomic E-state index is -0.0970. The van der Waals surface area contributed by atoms with E-state index >= 15 is 0 Å². The molecule has 0 N–H and O–H groups in total. The third kappa shape index (κ3) is 8.74. The number of carbonyl (C=O) groups is 3. The summed E-state index contributed by atoms with van der Waals surface area (Å²) in [4.78, 5) is 38.6. The van der Waals surface area contributed by atoms with Gasteiger partial charge in [-0.05, 0) is 109 Å². The molecule has 0 fully saturated rings. The first-order chi connectivity index (χ1) is 19.7. The van der Waals surface area contributed by atoms with Crippen molar-refractivity contribution in [3.63, 3.8) is 0 Å². The molecule has 0 amide bonds. The molecule has 0 radical (unpaired) electrons. The zero-order chi connectivity index (χ0) is 31.2. The second-order valence-corrected chi connectivity index (χ2v) is 14.6. The molecule has 1 aliphatic carbocycles. The summed E-state index contributed by atoms with van der Waals surface area (Å²) in [6.45, 7) is 19.3. The average Bonchev–Trinajstić information content (AvgIpc) is 2.88. The lowest BCUT2D eigenvalue weighted by Crippen LogP contribution is -2.30.